The van der Waals surface area contributed by atoms with E-state index in [0.717, 1.165) is 39.8 Å². The Bertz CT molecular complexity index is 997. The number of benzene rings is 1. The van der Waals surface area contributed by atoms with Gasteiger partial charge in [0.2, 0.25) is 0 Å². The third-order valence-corrected chi connectivity index (χ3v) is 5.76. The Morgan fingerprint density at radius 3 is 2.60 bits per heavy atom. The molecule has 0 saturated heterocycles. The van der Waals surface area contributed by atoms with E-state index in [1.807, 2.05) is 32.0 Å². The van der Waals surface area contributed by atoms with Gasteiger partial charge >= 0.3 is 5.97 Å². The van der Waals surface area contributed by atoms with Gasteiger partial charge in [-0.2, -0.15) is 5.10 Å². The molecule has 1 aromatic heterocycles. The van der Waals surface area contributed by atoms with E-state index in [-0.39, 0.29) is 5.97 Å². The molecular weight excluding hydrogens is 404 g/mol. The highest BCUT2D eigenvalue weighted by molar-refractivity contribution is 8.14. The van der Waals surface area contributed by atoms with Crippen LogP contribution in [0.1, 0.15) is 32.9 Å². The number of carbonyl (C=O) groups excluding carboxylic acids is 1. The van der Waals surface area contributed by atoms with Gasteiger partial charge in [-0.3, -0.25) is 10.4 Å². The third-order valence-electron chi connectivity index (χ3n) is 4.85. The van der Waals surface area contributed by atoms with Gasteiger partial charge in [-0.05, 0) is 43.5 Å². The lowest BCUT2D eigenvalue weighted by Gasteiger charge is -2.15. The standard InChI is InChI=1S/C21H26N4O4S/c1-12-18(20(26)29-5)13(2)23-19(12)15-11-30-21(25-24-15)22-9-8-14-6-7-16(27-3)17(10-14)28-4/h6-7,10,23H,8-9,11H2,1-5H3,(H,22,25). The van der Waals surface area contributed by atoms with E-state index in [4.69, 9.17) is 14.2 Å². The van der Waals surface area contributed by atoms with Gasteiger partial charge in [0.05, 0.1) is 38.3 Å². The maximum Gasteiger partial charge on any atom is 0.339 e. The predicted octanol–water partition coefficient (Wildman–Crippen LogP) is 3.07. The summed E-state index contributed by atoms with van der Waals surface area (Å²) in [6.07, 6.45) is 0.778. The number of hydrogen-bond acceptors (Lipinski definition) is 7. The quantitative estimate of drug-likeness (QED) is 0.655. The van der Waals surface area contributed by atoms with Crippen molar-refractivity contribution in [2.75, 3.05) is 33.6 Å². The average molecular weight is 431 g/mol. The van der Waals surface area contributed by atoms with Crippen molar-refractivity contribution in [1.29, 1.82) is 0 Å². The average Bonchev–Trinajstić information content (AvgIpc) is 3.07. The molecule has 0 bridgehead atoms. The van der Waals surface area contributed by atoms with Crippen molar-refractivity contribution < 1.29 is 19.0 Å². The van der Waals surface area contributed by atoms with Gasteiger partial charge in [0.25, 0.3) is 0 Å². The van der Waals surface area contributed by atoms with E-state index in [2.05, 4.69) is 20.5 Å². The van der Waals surface area contributed by atoms with Crippen LogP contribution in [0.15, 0.2) is 28.3 Å². The van der Waals surface area contributed by atoms with Crippen molar-refractivity contribution in [3.8, 4) is 11.5 Å². The Balaban J connectivity index is 1.64. The Kier molecular flexibility index (Phi) is 7.04. The summed E-state index contributed by atoms with van der Waals surface area (Å²) in [6.45, 7) is 4.38. The molecule has 0 atom stereocenters. The lowest BCUT2D eigenvalue weighted by Crippen LogP contribution is -2.26. The minimum Gasteiger partial charge on any atom is -0.493 e. The summed E-state index contributed by atoms with van der Waals surface area (Å²) in [4.78, 5) is 19.8. The van der Waals surface area contributed by atoms with Gasteiger partial charge in [0, 0.05) is 18.0 Å². The molecule has 1 aromatic carbocycles. The van der Waals surface area contributed by atoms with Crippen LogP contribution < -0.4 is 14.9 Å². The minimum absolute atomic E-state index is 0.345. The fraction of sp³-hybridized carbons (Fsp3) is 0.381. The Morgan fingerprint density at radius 1 is 1.20 bits per heavy atom. The molecule has 0 aliphatic carbocycles. The number of ether oxygens (including phenoxy) is 3. The number of nitrogens with zero attached hydrogens (tertiary/aromatic N) is 2. The molecule has 3 rings (SSSR count). The van der Waals surface area contributed by atoms with Crippen molar-refractivity contribution >= 4 is 28.6 Å². The lowest BCUT2D eigenvalue weighted by molar-refractivity contribution is 0.0599. The first-order valence-electron chi connectivity index (χ1n) is 9.47. The zero-order valence-corrected chi connectivity index (χ0v) is 18.6. The third kappa shape index (κ3) is 4.62. The van der Waals surface area contributed by atoms with Gasteiger partial charge < -0.3 is 19.2 Å². The van der Waals surface area contributed by atoms with Crippen molar-refractivity contribution in [3.63, 3.8) is 0 Å². The fourth-order valence-electron chi connectivity index (χ4n) is 3.30. The molecule has 0 unspecified atom stereocenters. The summed E-state index contributed by atoms with van der Waals surface area (Å²) in [5.74, 6) is 1.74. The van der Waals surface area contributed by atoms with Crippen LogP contribution in [0.25, 0.3) is 0 Å². The molecule has 0 radical (unpaired) electrons. The van der Waals surface area contributed by atoms with Crippen LogP contribution in [0.4, 0.5) is 0 Å². The second kappa shape index (κ2) is 9.71. The number of amidine groups is 1. The summed E-state index contributed by atoms with van der Waals surface area (Å²) >= 11 is 1.58. The summed E-state index contributed by atoms with van der Waals surface area (Å²) in [6, 6.07) is 5.87. The number of methoxy groups -OCH3 is 3. The zero-order chi connectivity index (χ0) is 21.7. The lowest BCUT2D eigenvalue weighted by atomic mass is 10.1. The molecule has 0 spiro atoms. The van der Waals surface area contributed by atoms with E-state index in [1.54, 1.807) is 26.0 Å². The van der Waals surface area contributed by atoms with Crippen molar-refractivity contribution in [2.24, 2.45) is 10.1 Å². The summed E-state index contributed by atoms with van der Waals surface area (Å²) in [5, 5.41) is 5.22. The SMILES string of the molecule is COC(=O)c1c(C)[nH]c(C2=NNC(=NCCc3ccc(OC)c(OC)c3)SC2)c1C. The van der Waals surface area contributed by atoms with E-state index in [9.17, 15) is 4.79 Å². The second-order valence-corrected chi connectivity index (χ2v) is 7.67. The first-order valence-corrected chi connectivity index (χ1v) is 10.5. The van der Waals surface area contributed by atoms with Gasteiger partial charge in [-0.25, -0.2) is 4.79 Å². The second-order valence-electron chi connectivity index (χ2n) is 6.70. The summed E-state index contributed by atoms with van der Waals surface area (Å²) in [7, 11) is 4.63. The highest BCUT2D eigenvalue weighted by atomic mass is 32.2. The van der Waals surface area contributed by atoms with E-state index in [0.29, 0.717) is 29.4 Å². The van der Waals surface area contributed by atoms with Crippen molar-refractivity contribution in [1.82, 2.24) is 10.4 Å². The Morgan fingerprint density at radius 2 is 1.97 bits per heavy atom. The van der Waals surface area contributed by atoms with Crippen molar-refractivity contribution in [3.05, 3.63) is 46.3 Å². The molecule has 0 fully saturated rings. The molecular formula is C21H26N4O4S. The van der Waals surface area contributed by atoms with E-state index >= 15 is 0 Å². The molecule has 2 aromatic rings. The Hall–Kier alpha value is -2.94. The number of carbonyl (C=O) groups is 1. The molecule has 2 N–H and O–H groups in total. The number of esters is 1. The number of aliphatic imine (C=N–C) groups is 1. The smallest absolute Gasteiger partial charge is 0.339 e. The largest absolute Gasteiger partial charge is 0.493 e. The monoisotopic (exact) mass is 430 g/mol. The van der Waals surface area contributed by atoms with Crippen LogP contribution in [0.5, 0.6) is 11.5 Å². The highest BCUT2D eigenvalue weighted by Crippen LogP contribution is 2.28. The normalized spacial score (nSPS) is 14.8. The number of rotatable bonds is 7. The van der Waals surface area contributed by atoms with Gasteiger partial charge in [0.15, 0.2) is 16.7 Å². The molecule has 2 heterocycles. The number of aryl methyl sites for hydroxylation is 1. The van der Waals surface area contributed by atoms with Crippen LogP contribution in [0.3, 0.4) is 0 Å². The van der Waals surface area contributed by atoms with Crippen LogP contribution >= 0.6 is 11.8 Å². The number of nitrogens with one attached hydrogen (secondary N) is 2. The number of aromatic nitrogens is 1. The van der Waals surface area contributed by atoms with Gasteiger partial charge in [-0.1, -0.05) is 17.8 Å². The van der Waals surface area contributed by atoms with Crippen LogP contribution in [0, 0.1) is 13.8 Å². The van der Waals surface area contributed by atoms with Gasteiger partial charge in [-0.15, -0.1) is 0 Å². The molecule has 1 aliphatic rings. The minimum atomic E-state index is -0.345. The van der Waals surface area contributed by atoms with E-state index < -0.39 is 0 Å². The molecule has 30 heavy (non-hydrogen) atoms. The molecule has 1 aliphatic heterocycles. The summed E-state index contributed by atoms with van der Waals surface area (Å²) in [5.41, 5.74) is 8.00. The first kappa shape index (κ1) is 21.8. The number of hydrazone groups is 1. The number of aromatic amines is 1. The topological polar surface area (TPSA) is 97.3 Å². The molecule has 0 saturated carbocycles. The predicted molar refractivity (Wildman–Crippen MR) is 119 cm³/mol. The molecule has 8 nitrogen and oxygen atoms in total. The maximum atomic E-state index is 12.0. The Labute approximate surface area is 180 Å². The number of thioether (sulfide) groups is 1. The number of hydrogen-bond donors (Lipinski definition) is 2. The maximum absolute atomic E-state index is 12.0. The molecule has 0 amide bonds. The fourth-order valence-corrected chi connectivity index (χ4v) is 4.07. The van der Waals surface area contributed by atoms with E-state index in [1.165, 1.54) is 7.11 Å². The first-order chi connectivity index (χ1) is 14.5. The summed E-state index contributed by atoms with van der Waals surface area (Å²) < 4.78 is 15.5. The molecule has 9 heteroatoms. The zero-order valence-electron chi connectivity index (χ0n) is 17.8. The van der Waals surface area contributed by atoms with Crippen LogP contribution in [-0.2, 0) is 11.2 Å². The molecule has 160 valence electrons. The highest BCUT2D eigenvalue weighted by Gasteiger charge is 2.23. The number of H-pyrrole nitrogens is 1. The van der Waals surface area contributed by atoms with Crippen molar-refractivity contribution in [2.45, 2.75) is 20.3 Å². The van der Waals surface area contributed by atoms with Crippen LogP contribution in [0.2, 0.25) is 0 Å². The van der Waals surface area contributed by atoms with Crippen LogP contribution in [-0.4, -0.2) is 55.5 Å². The van der Waals surface area contributed by atoms with Gasteiger partial charge in [0.1, 0.15) is 0 Å².